The molecule has 0 aromatic carbocycles. The molecule has 0 saturated carbocycles. The minimum absolute atomic E-state index is 0.0124. The number of pyridine rings is 1. The molecule has 3 heterocycles. The molecular formula is C16H21N3O3. The number of carbonyl (C=O) groups is 2. The Balaban J connectivity index is 1.55. The summed E-state index contributed by atoms with van der Waals surface area (Å²) in [5.74, 6) is -0.0414. The second-order valence-electron chi connectivity index (χ2n) is 6.09. The molecule has 6 nitrogen and oxygen atoms in total. The smallest absolute Gasteiger partial charge is 0.270 e. The summed E-state index contributed by atoms with van der Waals surface area (Å²) in [6.07, 6.45) is 4.08. The highest BCUT2D eigenvalue weighted by atomic mass is 16.5. The van der Waals surface area contributed by atoms with E-state index >= 15 is 0 Å². The van der Waals surface area contributed by atoms with Gasteiger partial charge in [-0.05, 0) is 31.4 Å². The van der Waals surface area contributed by atoms with E-state index < -0.39 is 0 Å². The van der Waals surface area contributed by atoms with Crippen molar-refractivity contribution in [1.82, 2.24) is 15.2 Å². The zero-order valence-electron chi connectivity index (χ0n) is 12.7. The first-order valence-corrected chi connectivity index (χ1v) is 7.69. The SMILES string of the molecule is CC(=O)N1CCC2(CC1)C[C@@H](NC(=O)c1ccccn1)CO2. The van der Waals surface area contributed by atoms with Gasteiger partial charge in [0, 0.05) is 26.2 Å². The van der Waals surface area contributed by atoms with Crippen LogP contribution in [0.25, 0.3) is 0 Å². The zero-order chi connectivity index (χ0) is 15.6. The molecule has 0 unspecified atom stereocenters. The van der Waals surface area contributed by atoms with Crippen molar-refractivity contribution in [2.75, 3.05) is 19.7 Å². The zero-order valence-corrected chi connectivity index (χ0v) is 12.7. The van der Waals surface area contributed by atoms with Gasteiger partial charge in [-0.3, -0.25) is 14.6 Å². The Bertz CT molecular complexity index is 553. The fourth-order valence-electron chi connectivity index (χ4n) is 3.27. The maximum absolute atomic E-state index is 12.1. The first-order chi connectivity index (χ1) is 10.6. The molecule has 6 heteroatoms. The van der Waals surface area contributed by atoms with Crippen LogP contribution >= 0.6 is 0 Å². The largest absolute Gasteiger partial charge is 0.373 e. The molecule has 1 spiro atoms. The number of aromatic nitrogens is 1. The molecule has 1 aromatic rings. The maximum Gasteiger partial charge on any atom is 0.270 e. The van der Waals surface area contributed by atoms with Crippen LogP contribution in [0, 0.1) is 0 Å². The summed E-state index contributed by atoms with van der Waals surface area (Å²) in [4.78, 5) is 29.4. The molecular weight excluding hydrogens is 282 g/mol. The van der Waals surface area contributed by atoms with Crippen LogP contribution in [0.3, 0.4) is 0 Å². The molecule has 2 aliphatic heterocycles. The predicted molar refractivity (Wildman–Crippen MR) is 80.3 cm³/mol. The number of ether oxygens (including phenoxy) is 1. The van der Waals surface area contributed by atoms with Gasteiger partial charge in [-0.2, -0.15) is 0 Å². The number of hydrogen-bond acceptors (Lipinski definition) is 4. The number of piperidine rings is 1. The number of rotatable bonds is 2. The van der Waals surface area contributed by atoms with E-state index in [2.05, 4.69) is 10.3 Å². The van der Waals surface area contributed by atoms with Gasteiger partial charge in [-0.25, -0.2) is 0 Å². The second-order valence-corrected chi connectivity index (χ2v) is 6.09. The lowest BCUT2D eigenvalue weighted by atomic mass is 9.87. The van der Waals surface area contributed by atoms with Crippen molar-refractivity contribution in [3.63, 3.8) is 0 Å². The van der Waals surface area contributed by atoms with Gasteiger partial charge in [-0.1, -0.05) is 6.07 Å². The molecule has 118 valence electrons. The van der Waals surface area contributed by atoms with Crippen molar-refractivity contribution >= 4 is 11.8 Å². The third kappa shape index (κ3) is 3.11. The van der Waals surface area contributed by atoms with E-state index in [1.54, 1.807) is 31.3 Å². The van der Waals surface area contributed by atoms with E-state index in [4.69, 9.17) is 4.74 Å². The number of hydrogen-bond donors (Lipinski definition) is 1. The normalized spacial score (nSPS) is 23.5. The summed E-state index contributed by atoms with van der Waals surface area (Å²) in [6, 6.07) is 5.30. The monoisotopic (exact) mass is 303 g/mol. The quantitative estimate of drug-likeness (QED) is 0.884. The van der Waals surface area contributed by atoms with Gasteiger partial charge in [0.1, 0.15) is 5.69 Å². The molecule has 1 atom stereocenters. The van der Waals surface area contributed by atoms with Crippen LogP contribution in [0.1, 0.15) is 36.7 Å². The lowest BCUT2D eigenvalue weighted by Gasteiger charge is -2.38. The van der Waals surface area contributed by atoms with Gasteiger partial charge in [-0.15, -0.1) is 0 Å². The number of likely N-dealkylation sites (tertiary alicyclic amines) is 1. The number of nitrogens with zero attached hydrogens (tertiary/aromatic N) is 2. The third-order valence-electron chi connectivity index (χ3n) is 4.56. The first kappa shape index (κ1) is 15.0. The van der Waals surface area contributed by atoms with Gasteiger partial charge in [0.25, 0.3) is 5.91 Å². The summed E-state index contributed by atoms with van der Waals surface area (Å²) >= 11 is 0. The van der Waals surface area contributed by atoms with E-state index in [9.17, 15) is 9.59 Å². The number of amides is 2. The van der Waals surface area contributed by atoms with E-state index in [0.29, 0.717) is 12.3 Å². The minimum atomic E-state index is -0.186. The van der Waals surface area contributed by atoms with E-state index in [-0.39, 0.29) is 23.5 Å². The van der Waals surface area contributed by atoms with Crippen molar-refractivity contribution < 1.29 is 14.3 Å². The molecule has 0 bridgehead atoms. The summed E-state index contributed by atoms with van der Waals surface area (Å²) < 4.78 is 5.99. The number of nitrogens with one attached hydrogen (secondary N) is 1. The van der Waals surface area contributed by atoms with Gasteiger partial charge in [0.2, 0.25) is 5.91 Å². The van der Waals surface area contributed by atoms with Crippen LogP contribution in [0.15, 0.2) is 24.4 Å². The molecule has 0 aliphatic carbocycles. The van der Waals surface area contributed by atoms with Crippen LogP contribution in [-0.2, 0) is 9.53 Å². The highest BCUT2D eigenvalue weighted by molar-refractivity contribution is 5.92. The van der Waals surface area contributed by atoms with Gasteiger partial charge >= 0.3 is 0 Å². The fourth-order valence-corrected chi connectivity index (χ4v) is 3.27. The molecule has 3 rings (SSSR count). The Labute approximate surface area is 129 Å². The first-order valence-electron chi connectivity index (χ1n) is 7.69. The fraction of sp³-hybridized carbons (Fsp3) is 0.562. The molecule has 2 amide bonds. The lowest BCUT2D eigenvalue weighted by molar-refractivity contribution is -0.133. The average molecular weight is 303 g/mol. The Hall–Kier alpha value is -1.95. The summed E-state index contributed by atoms with van der Waals surface area (Å²) in [6.45, 7) is 3.59. The summed E-state index contributed by atoms with van der Waals surface area (Å²) in [7, 11) is 0. The number of carbonyl (C=O) groups excluding carboxylic acids is 2. The van der Waals surface area contributed by atoms with E-state index in [1.807, 2.05) is 4.90 Å². The Morgan fingerprint density at radius 1 is 1.36 bits per heavy atom. The van der Waals surface area contributed by atoms with Crippen molar-refractivity contribution in [3.05, 3.63) is 30.1 Å². The summed E-state index contributed by atoms with van der Waals surface area (Å²) in [5.41, 5.74) is 0.239. The topological polar surface area (TPSA) is 71.5 Å². The van der Waals surface area contributed by atoms with Crippen molar-refractivity contribution in [1.29, 1.82) is 0 Å². The van der Waals surface area contributed by atoms with Crippen molar-refractivity contribution in [2.45, 2.75) is 37.8 Å². The highest BCUT2D eigenvalue weighted by Gasteiger charge is 2.43. The van der Waals surface area contributed by atoms with Crippen molar-refractivity contribution in [2.24, 2.45) is 0 Å². The van der Waals surface area contributed by atoms with E-state index in [1.165, 1.54) is 0 Å². The van der Waals surface area contributed by atoms with Crippen LogP contribution in [-0.4, -0.2) is 53.0 Å². The van der Waals surface area contributed by atoms with Crippen LogP contribution in [0.5, 0.6) is 0 Å². The average Bonchev–Trinajstić information content (AvgIpc) is 2.91. The van der Waals surface area contributed by atoms with Crippen LogP contribution in [0.4, 0.5) is 0 Å². The highest BCUT2D eigenvalue weighted by Crippen LogP contribution is 2.35. The maximum atomic E-state index is 12.1. The molecule has 2 saturated heterocycles. The third-order valence-corrected chi connectivity index (χ3v) is 4.56. The van der Waals surface area contributed by atoms with Crippen molar-refractivity contribution in [3.8, 4) is 0 Å². The summed E-state index contributed by atoms with van der Waals surface area (Å²) in [5, 5.41) is 2.99. The molecule has 1 N–H and O–H groups in total. The predicted octanol–water partition coefficient (Wildman–Crippen LogP) is 0.981. The Kier molecular flexibility index (Phi) is 4.11. The molecule has 22 heavy (non-hydrogen) atoms. The molecule has 2 fully saturated rings. The molecule has 0 radical (unpaired) electrons. The van der Waals surface area contributed by atoms with E-state index in [0.717, 1.165) is 32.4 Å². The minimum Gasteiger partial charge on any atom is -0.373 e. The van der Waals surface area contributed by atoms with Gasteiger partial charge < -0.3 is 15.0 Å². The Morgan fingerprint density at radius 2 is 2.14 bits per heavy atom. The van der Waals surface area contributed by atoms with Crippen LogP contribution in [0.2, 0.25) is 0 Å². The van der Waals surface area contributed by atoms with Gasteiger partial charge in [0.05, 0.1) is 18.2 Å². The lowest BCUT2D eigenvalue weighted by Crippen LogP contribution is -2.46. The van der Waals surface area contributed by atoms with Gasteiger partial charge in [0.15, 0.2) is 0 Å². The molecule has 1 aromatic heterocycles. The standard InChI is InChI=1S/C16H21N3O3/c1-12(20)19-8-5-16(6-9-19)10-13(11-22-16)18-15(21)14-4-2-3-7-17-14/h2-4,7,13H,5-6,8-11H2,1H3,(H,18,21)/t13-/m1/s1. The Morgan fingerprint density at radius 3 is 2.77 bits per heavy atom. The second kappa shape index (κ2) is 6.04. The molecule has 2 aliphatic rings. The van der Waals surface area contributed by atoms with Crippen LogP contribution < -0.4 is 5.32 Å².